The van der Waals surface area contributed by atoms with Crippen molar-refractivity contribution in [1.29, 1.82) is 0 Å². The van der Waals surface area contributed by atoms with Gasteiger partial charge in [0.25, 0.3) is 5.92 Å². The fourth-order valence-corrected chi connectivity index (χ4v) is 4.29. The van der Waals surface area contributed by atoms with Crippen molar-refractivity contribution in [3.8, 4) is 0 Å². The van der Waals surface area contributed by atoms with E-state index in [1.807, 2.05) is 31.2 Å². The van der Waals surface area contributed by atoms with Crippen LogP contribution in [0.15, 0.2) is 42.5 Å². The number of hydrogen-bond acceptors (Lipinski definition) is 4. The minimum atomic E-state index is -3.23. The zero-order valence-corrected chi connectivity index (χ0v) is 23.2. The molecule has 222 valence electrons. The van der Waals surface area contributed by atoms with E-state index in [0.717, 1.165) is 29.7 Å². The maximum absolute atomic E-state index is 14.6. The Labute approximate surface area is 233 Å². The van der Waals surface area contributed by atoms with Gasteiger partial charge < -0.3 is 26.4 Å². The lowest BCUT2D eigenvalue weighted by Gasteiger charge is -2.29. The second-order valence-corrected chi connectivity index (χ2v) is 9.91. The van der Waals surface area contributed by atoms with Crippen molar-refractivity contribution in [2.45, 2.75) is 83.0 Å². The SMILES string of the molecule is CCCCC(F)(F)CC(NC(=O)NC)C(=O)N[C@@H](Cc1cc(F)cc(F)c1)[C@H](O)CNCc1cccc(CC)c1. The average Bonchev–Trinajstić information content (AvgIpc) is 2.90. The number of aryl methyl sites for hydroxylation is 1. The van der Waals surface area contributed by atoms with E-state index < -0.39 is 60.5 Å². The van der Waals surface area contributed by atoms with Gasteiger partial charge in [-0.1, -0.05) is 44.5 Å². The summed E-state index contributed by atoms with van der Waals surface area (Å²) in [6.45, 7) is 4.19. The first kappa shape index (κ1) is 33.0. The molecule has 40 heavy (non-hydrogen) atoms. The number of carbonyl (C=O) groups excluding carboxylic acids is 2. The van der Waals surface area contributed by atoms with Crippen LogP contribution in [0.3, 0.4) is 0 Å². The summed E-state index contributed by atoms with van der Waals surface area (Å²) in [5.41, 5.74) is 2.27. The molecule has 0 radical (unpaired) electrons. The van der Waals surface area contributed by atoms with Crippen molar-refractivity contribution < 1.29 is 32.3 Å². The summed E-state index contributed by atoms with van der Waals surface area (Å²) in [5.74, 6) is -5.85. The quantitative estimate of drug-likeness (QED) is 0.196. The van der Waals surface area contributed by atoms with Crippen LogP contribution >= 0.6 is 0 Å². The molecule has 0 aromatic heterocycles. The van der Waals surface area contributed by atoms with E-state index in [9.17, 15) is 32.3 Å². The third kappa shape index (κ3) is 11.5. The summed E-state index contributed by atoms with van der Waals surface area (Å²) in [7, 11) is 1.28. The predicted molar refractivity (Wildman–Crippen MR) is 146 cm³/mol. The molecule has 0 heterocycles. The van der Waals surface area contributed by atoms with Gasteiger partial charge in [-0.2, -0.15) is 0 Å². The predicted octanol–water partition coefficient (Wildman–Crippen LogP) is 4.22. The van der Waals surface area contributed by atoms with Gasteiger partial charge in [0.2, 0.25) is 5.91 Å². The molecule has 2 aromatic carbocycles. The van der Waals surface area contributed by atoms with E-state index in [1.165, 1.54) is 7.05 Å². The summed E-state index contributed by atoms with van der Waals surface area (Å²) in [6.07, 6.45) is -1.23. The third-order valence-electron chi connectivity index (χ3n) is 6.50. The van der Waals surface area contributed by atoms with Gasteiger partial charge in [-0.05, 0) is 48.1 Å². The summed E-state index contributed by atoms with van der Waals surface area (Å²) in [5, 5.41) is 21.1. The summed E-state index contributed by atoms with van der Waals surface area (Å²) >= 11 is 0. The lowest BCUT2D eigenvalue weighted by atomic mass is 9.98. The number of hydrogen-bond donors (Lipinski definition) is 5. The fourth-order valence-electron chi connectivity index (χ4n) is 4.29. The zero-order chi connectivity index (χ0) is 29.7. The second kappa shape index (κ2) is 16.2. The maximum Gasteiger partial charge on any atom is 0.315 e. The normalized spacial score (nSPS) is 13.8. The highest BCUT2D eigenvalue weighted by Gasteiger charge is 2.37. The molecule has 11 heteroatoms. The van der Waals surface area contributed by atoms with E-state index in [0.29, 0.717) is 19.0 Å². The highest BCUT2D eigenvalue weighted by molar-refractivity contribution is 5.87. The van der Waals surface area contributed by atoms with Gasteiger partial charge in [0.1, 0.15) is 17.7 Å². The molecule has 1 unspecified atom stereocenters. The number of aliphatic hydroxyl groups is 1. The van der Waals surface area contributed by atoms with Gasteiger partial charge in [-0.3, -0.25) is 4.79 Å². The molecule has 0 aliphatic rings. The van der Waals surface area contributed by atoms with Crippen molar-refractivity contribution in [2.75, 3.05) is 13.6 Å². The van der Waals surface area contributed by atoms with Gasteiger partial charge >= 0.3 is 6.03 Å². The number of nitrogens with one attached hydrogen (secondary N) is 4. The summed E-state index contributed by atoms with van der Waals surface area (Å²) < 4.78 is 56.9. The van der Waals surface area contributed by atoms with Crippen LogP contribution in [-0.2, 0) is 24.2 Å². The standard InChI is InChI=1S/C29H40F4N4O3/c1-4-6-10-29(32,33)16-25(37-28(40)34-3)27(39)36-24(14-21-12-22(30)15-23(31)13-21)26(38)18-35-17-20-9-7-8-19(5-2)11-20/h7-9,11-13,15,24-26,35,38H,4-6,10,14,16-18H2,1-3H3,(H,36,39)(H2,34,37,40)/t24-,25?,26+/m0/s1. The van der Waals surface area contributed by atoms with E-state index in [2.05, 4.69) is 21.3 Å². The van der Waals surface area contributed by atoms with Crippen LogP contribution in [-0.4, -0.2) is 54.7 Å². The maximum atomic E-state index is 14.6. The Kier molecular flexibility index (Phi) is 13.4. The van der Waals surface area contributed by atoms with Crippen LogP contribution in [0.2, 0.25) is 0 Å². The molecule has 0 saturated heterocycles. The number of carbonyl (C=O) groups is 2. The minimum absolute atomic E-state index is 0.0146. The van der Waals surface area contributed by atoms with Crippen molar-refractivity contribution in [3.63, 3.8) is 0 Å². The van der Waals surface area contributed by atoms with Gasteiger partial charge in [0.15, 0.2) is 0 Å². The first-order chi connectivity index (χ1) is 19.0. The van der Waals surface area contributed by atoms with Crippen LogP contribution < -0.4 is 21.3 Å². The average molecular weight is 569 g/mol. The number of urea groups is 1. The smallest absolute Gasteiger partial charge is 0.315 e. The first-order valence-corrected chi connectivity index (χ1v) is 13.5. The van der Waals surface area contributed by atoms with Gasteiger partial charge in [-0.15, -0.1) is 0 Å². The fraction of sp³-hybridized carbons (Fsp3) is 0.517. The Morgan fingerprint density at radius 2 is 1.65 bits per heavy atom. The molecule has 7 nitrogen and oxygen atoms in total. The highest BCUT2D eigenvalue weighted by atomic mass is 19.3. The molecule has 2 aromatic rings. The Hall–Kier alpha value is -3.18. The van der Waals surface area contributed by atoms with Gasteiger partial charge in [0.05, 0.1) is 12.1 Å². The molecule has 5 N–H and O–H groups in total. The monoisotopic (exact) mass is 568 g/mol. The highest BCUT2D eigenvalue weighted by Crippen LogP contribution is 2.27. The number of rotatable bonds is 16. The number of amides is 3. The second-order valence-electron chi connectivity index (χ2n) is 9.91. The Morgan fingerprint density at radius 3 is 2.27 bits per heavy atom. The molecule has 0 aliphatic heterocycles. The van der Waals surface area contributed by atoms with Crippen molar-refractivity contribution in [1.82, 2.24) is 21.3 Å². The molecule has 0 aliphatic carbocycles. The van der Waals surface area contributed by atoms with E-state index in [-0.39, 0.29) is 24.9 Å². The molecule has 0 spiro atoms. The first-order valence-electron chi connectivity index (χ1n) is 13.5. The summed E-state index contributed by atoms with van der Waals surface area (Å²) in [6, 6.07) is 7.13. The van der Waals surface area contributed by atoms with Crippen LogP contribution in [0.25, 0.3) is 0 Å². The molecular formula is C29H40F4N4O3. The van der Waals surface area contributed by atoms with Crippen molar-refractivity contribution in [3.05, 3.63) is 70.8 Å². The summed E-state index contributed by atoms with van der Waals surface area (Å²) in [4.78, 5) is 25.1. The Bertz CT molecular complexity index is 1080. The minimum Gasteiger partial charge on any atom is -0.390 e. The van der Waals surface area contributed by atoms with E-state index in [1.54, 1.807) is 6.92 Å². The number of unbranched alkanes of at least 4 members (excludes halogenated alkanes) is 1. The van der Waals surface area contributed by atoms with Crippen molar-refractivity contribution >= 4 is 11.9 Å². The third-order valence-corrected chi connectivity index (χ3v) is 6.50. The number of aliphatic hydroxyl groups excluding tert-OH is 1. The number of benzene rings is 2. The lowest BCUT2D eigenvalue weighted by molar-refractivity contribution is -0.127. The molecular weight excluding hydrogens is 528 g/mol. The van der Waals surface area contributed by atoms with Gasteiger partial charge in [-0.25, -0.2) is 22.4 Å². The molecule has 0 saturated carbocycles. The van der Waals surface area contributed by atoms with Crippen LogP contribution in [0.5, 0.6) is 0 Å². The lowest BCUT2D eigenvalue weighted by Crippen LogP contribution is -2.56. The van der Waals surface area contributed by atoms with Crippen LogP contribution in [0, 0.1) is 11.6 Å². The topological polar surface area (TPSA) is 102 Å². The molecule has 3 atom stereocenters. The molecule has 3 amide bonds. The molecule has 2 rings (SSSR count). The number of halogens is 4. The van der Waals surface area contributed by atoms with Crippen LogP contribution in [0.4, 0.5) is 22.4 Å². The molecule has 0 bridgehead atoms. The molecule has 0 fully saturated rings. The number of alkyl halides is 2. The Morgan fingerprint density at radius 1 is 0.975 bits per heavy atom. The van der Waals surface area contributed by atoms with Crippen molar-refractivity contribution in [2.24, 2.45) is 0 Å². The largest absolute Gasteiger partial charge is 0.390 e. The van der Waals surface area contributed by atoms with Crippen LogP contribution in [0.1, 0.15) is 56.2 Å². The Balaban J connectivity index is 2.21. The van der Waals surface area contributed by atoms with E-state index in [4.69, 9.17) is 0 Å². The van der Waals surface area contributed by atoms with E-state index >= 15 is 0 Å². The zero-order valence-electron chi connectivity index (χ0n) is 23.2. The van der Waals surface area contributed by atoms with Gasteiger partial charge in [0, 0.05) is 39.0 Å².